The molecule has 0 aromatic heterocycles. The summed E-state index contributed by atoms with van der Waals surface area (Å²) in [6.45, 7) is 3.09. The molecule has 1 aromatic rings. The molecule has 7 heteroatoms. The highest BCUT2D eigenvalue weighted by molar-refractivity contribution is 7.89. The minimum Gasteiger partial charge on any atom is -0.379 e. The van der Waals surface area contributed by atoms with Gasteiger partial charge in [-0.2, -0.15) is 4.31 Å². The highest BCUT2D eigenvalue weighted by Crippen LogP contribution is 2.22. The molecule has 0 bridgehead atoms. The average Bonchev–Trinajstić information content (AvgIpc) is 2.39. The molecule has 0 radical (unpaired) electrons. The smallest absolute Gasteiger partial charge is 0.252 e. The number of rotatable bonds is 3. The fourth-order valence-electron chi connectivity index (χ4n) is 1.93. The molecule has 0 atom stereocenters. The summed E-state index contributed by atoms with van der Waals surface area (Å²) in [6, 6.07) is 4.43. The van der Waals surface area contributed by atoms with Gasteiger partial charge in [0.1, 0.15) is 0 Å². The first-order valence-corrected chi connectivity index (χ1v) is 7.63. The van der Waals surface area contributed by atoms with E-state index in [0.717, 1.165) is 0 Å². The standard InChI is InChI=1S/C12H14ClNO4S/c1-9-2-3-10(12(13)15)8-11(9)19(16,17)14-4-6-18-7-5-14/h2-3,8H,4-7H2,1H3. The van der Waals surface area contributed by atoms with Crippen LogP contribution >= 0.6 is 11.6 Å². The van der Waals surface area contributed by atoms with Crippen molar-refractivity contribution >= 4 is 26.9 Å². The van der Waals surface area contributed by atoms with E-state index in [-0.39, 0.29) is 10.5 Å². The zero-order valence-electron chi connectivity index (χ0n) is 10.4. The van der Waals surface area contributed by atoms with Crippen molar-refractivity contribution in [1.82, 2.24) is 4.31 Å². The van der Waals surface area contributed by atoms with Crippen molar-refractivity contribution in [1.29, 1.82) is 0 Å². The Kier molecular flexibility index (Phi) is 4.25. The topological polar surface area (TPSA) is 63.7 Å². The van der Waals surface area contributed by atoms with Crippen molar-refractivity contribution in [3.8, 4) is 0 Å². The molecule has 0 amide bonds. The maximum atomic E-state index is 12.5. The van der Waals surface area contributed by atoms with Crippen molar-refractivity contribution in [2.24, 2.45) is 0 Å². The largest absolute Gasteiger partial charge is 0.379 e. The Morgan fingerprint density at radius 2 is 1.95 bits per heavy atom. The molecule has 2 rings (SSSR count). The van der Waals surface area contributed by atoms with Crippen LogP contribution in [0.2, 0.25) is 0 Å². The fourth-order valence-corrected chi connectivity index (χ4v) is 3.70. The SMILES string of the molecule is Cc1ccc(C(=O)Cl)cc1S(=O)(=O)N1CCOCC1. The lowest BCUT2D eigenvalue weighted by molar-refractivity contribution is 0.0730. The van der Waals surface area contributed by atoms with E-state index in [1.165, 1.54) is 16.4 Å². The first-order chi connectivity index (χ1) is 8.93. The molecule has 1 aromatic carbocycles. The molecule has 1 fully saturated rings. The second-order valence-corrected chi connectivity index (χ2v) is 6.52. The Labute approximate surface area is 117 Å². The van der Waals surface area contributed by atoms with Crippen molar-refractivity contribution < 1.29 is 17.9 Å². The Bertz CT molecular complexity index is 594. The molecule has 1 aliphatic rings. The summed E-state index contributed by atoms with van der Waals surface area (Å²) >= 11 is 5.40. The summed E-state index contributed by atoms with van der Waals surface area (Å²) in [6.07, 6.45) is 0. The van der Waals surface area contributed by atoms with E-state index in [1.807, 2.05) is 0 Å². The quantitative estimate of drug-likeness (QED) is 0.792. The predicted octanol–water partition coefficient (Wildman–Crippen LogP) is 1.39. The number of benzene rings is 1. The lowest BCUT2D eigenvalue weighted by Gasteiger charge is -2.26. The summed E-state index contributed by atoms with van der Waals surface area (Å²) < 4.78 is 31.5. The molecule has 0 unspecified atom stereocenters. The number of carbonyl (C=O) groups excluding carboxylic acids is 1. The Balaban J connectivity index is 2.44. The molecule has 0 N–H and O–H groups in total. The van der Waals surface area contributed by atoms with Gasteiger partial charge in [0.25, 0.3) is 5.24 Å². The summed E-state index contributed by atoms with van der Waals surface area (Å²) in [5, 5.41) is -0.668. The lowest BCUT2D eigenvalue weighted by atomic mass is 10.2. The van der Waals surface area contributed by atoms with Gasteiger partial charge in [-0.25, -0.2) is 8.42 Å². The third-order valence-electron chi connectivity index (χ3n) is 3.00. The Morgan fingerprint density at radius 3 is 2.53 bits per heavy atom. The molecule has 1 aliphatic heterocycles. The zero-order valence-corrected chi connectivity index (χ0v) is 12.0. The lowest BCUT2D eigenvalue weighted by Crippen LogP contribution is -2.40. The molecule has 19 heavy (non-hydrogen) atoms. The molecule has 0 saturated carbocycles. The molecule has 1 saturated heterocycles. The van der Waals surface area contributed by atoms with Gasteiger partial charge in [0, 0.05) is 18.7 Å². The minimum atomic E-state index is -3.61. The van der Waals surface area contributed by atoms with Crippen LogP contribution in [-0.4, -0.2) is 44.3 Å². The van der Waals surface area contributed by atoms with Crippen LogP contribution in [-0.2, 0) is 14.8 Å². The van der Waals surface area contributed by atoms with Crippen LogP contribution in [0.3, 0.4) is 0 Å². The summed E-state index contributed by atoms with van der Waals surface area (Å²) in [4.78, 5) is 11.3. The van der Waals surface area contributed by atoms with Gasteiger partial charge in [-0.3, -0.25) is 4.79 Å². The highest BCUT2D eigenvalue weighted by Gasteiger charge is 2.28. The third kappa shape index (κ3) is 2.97. The minimum absolute atomic E-state index is 0.126. The van der Waals surface area contributed by atoms with Crippen molar-refractivity contribution in [2.45, 2.75) is 11.8 Å². The highest BCUT2D eigenvalue weighted by atomic mass is 35.5. The maximum Gasteiger partial charge on any atom is 0.252 e. The number of hydrogen-bond acceptors (Lipinski definition) is 4. The van der Waals surface area contributed by atoms with Crippen LogP contribution in [0.5, 0.6) is 0 Å². The molecule has 0 aliphatic carbocycles. The molecular weight excluding hydrogens is 290 g/mol. The molecular formula is C12H14ClNO4S. The average molecular weight is 304 g/mol. The van der Waals surface area contributed by atoms with Crippen LogP contribution in [0.4, 0.5) is 0 Å². The van der Waals surface area contributed by atoms with Crippen LogP contribution in [0.15, 0.2) is 23.1 Å². The molecule has 0 spiro atoms. The fraction of sp³-hybridized carbons (Fsp3) is 0.417. The van der Waals surface area contributed by atoms with E-state index in [2.05, 4.69) is 0 Å². The van der Waals surface area contributed by atoms with Gasteiger partial charge in [-0.05, 0) is 36.2 Å². The van der Waals surface area contributed by atoms with Gasteiger partial charge in [0.05, 0.1) is 18.1 Å². The van der Waals surface area contributed by atoms with Crippen LogP contribution in [0, 0.1) is 6.92 Å². The first-order valence-electron chi connectivity index (χ1n) is 5.81. The number of ether oxygens (including phenoxy) is 1. The van der Waals surface area contributed by atoms with Gasteiger partial charge in [-0.15, -0.1) is 0 Å². The second-order valence-electron chi connectivity index (χ2n) is 4.27. The van der Waals surface area contributed by atoms with E-state index in [0.29, 0.717) is 31.9 Å². The van der Waals surface area contributed by atoms with E-state index < -0.39 is 15.3 Å². The van der Waals surface area contributed by atoms with E-state index in [9.17, 15) is 13.2 Å². The van der Waals surface area contributed by atoms with Crippen molar-refractivity contribution in [3.05, 3.63) is 29.3 Å². The van der Waals surface area contributed by atoms with Crippen molar-refractivity contribution in [2.75, 3.05) is 26.3 Å². The number of morpholine rings is 1. The zero-order chi connectivity index (χ0) is 14.0. The monoisotopic (exact) mass is 303 g/mol. The van der Waals surface area contributed by atoms with Gasteiger partial charge in [-0.1, -0.05) is 6.07 Å². The van der Waals surface area contributed by atoms with E-state index in [4.69, 9.17) is 16.3 Å². The van der Waals surface area contributed by atoms with Gasteiger partial charge in [0.15, 0.2) is 0 Å². The second kappa shape index (κ2) is 5.58. The number of carbonyl (C=O) groups is 1. The van der Waals surface area contributed by atoms with Gasteiger partial charge in [0.2, 0.25) is 10.0 Å². The predicted molar refractivity (Wildman–Crippen MR) is 70.9 cm³/mol. The van der Waals surface area contributed by atoms with E-state index in [1.54, 1.807) is 13.0 Å². The Hall–Kier alpha value is -0.950. The number of hydrogen-bond donors (Lipinski definition) is 0. The molecule has 104 valence electrons. The molecule has 5 nitrogen and oxygen atoms in total. The van der Waals surface area contributed by atoms with Crippen LogP contribution < -0.4 is 0 Å². The van der Waals surface area contributed by atoms with Crippen LogP contribution in [0.1, 0.15) is 15.9 Å². The van der Waals surface area contributed by atoms with E-state index >= 15 is 0 Å². The maximum absolute atomic E-state index is 12.5. The normalized spacial score (nSPS) is 17.4. The number of aryl methyl sites for hydroxylation is 1. The molecule has 1 heterocycles. The number of sulfonamides is 1. The van der Waals surface area contributed by atoms with Gasteiger partial charge < -0.3 is 4.74 Å². The third-order valence-corrected chi connectivity index (χ3v) is 5.26. The number of halogens is 1. The summed E-state index contributed by atoms with van der Waals surface area (Å²) in [7, 11) is -3.61. The van der Waals surface area contributed by atoms with Crippen molar-refractivity contribution in [3.63, 3.8) is 0 Å². The first kappa shape index (κ1) is 14.5. The summed E-state index contributed by atoms with van der Waals surface area (Å²) in [5.41, 5.74) is 0.771. The Morgan fingerprint density at radius 1 is 1.32 bits per heavy atom. The number of nitrogens with zero attached hydrogens (tertiary/aromatic N) is 1. The van der Waals surface area contributed by atoms with Gasteiger partial charge >= 0.3 is 0 Å². The van der Waals surface area contributed by atoms with Crippen LogP contribution in [0.25, 0.3) is 0 Å². The summed E-state index contributed by atoms with van der Waals surface area (Å²) in [5.74, 6) is 0.